The van der Waals surface area contributed by atoms with Crippen molar-refractivity contribution in [2.24, 2.45) is 0 Å². The number of hydrogen-bond donors (Lipinski definition) is 0. The molecule has 24 heavy (non-hydrogen) atoms. The molecule has 0 radical (unpaired) electrons. The zero-order valence-corrected chi connectivity index (χ0v) is 16.4. The molecule has 0 aromatic carbocycles. The predicted molar refractivity (Wildman–Crippen MR) is 95.8 cm³/mol. The van der Waals surface area contributed by atoms with Gasteiger partial charge in [0.15, 0.2) is 0 Å². The SMILES string of the molecule is CCc1cnc(OC2CCCN(S(=O)(=O)c3ccc(Br)s3)C2)nc1. The summed E-state index contributed by atoms with van der Waals surface area (Å²) in [6.07, 6.45) is 5.66. The van der Waals surface area contributed by atoms with Crippen molar-refractivity contribution in [2.75, 3.05) is 13.1 Å². The molecule has 6 nitrogen and oxygen atoms in total. The molecule has 1 unspecified atom stereocenters. The van der Waals surface area contributed by atoms with Crippen LogP contribution in [0.4, 0.5) is 0 Å². The van der Waals surface area contributed by atoms with Crippen molar-refractivity contribution in [3.05, 3.63) is 33.9 Å². The molecule has 0 amide bonds. The summed E-state index contributed by atoms with van der Waals surface area (Å²) in [6, 6.07) is 3.68. The van der Waals surface area contributed by atoms with Crippen LogP contribution in [0, 0.1) is 0 Å². The Morgan fingerprint density at radius 3 is 2.75 bits per heavy atom. The Kier molecular flexibility index (Phi) is 5.53. The van der Waals surface area contributed by atoms with E-state index >= 15 is 0 Å². The van der Waals surface area contributed by atoms with Crippen molar-refractivity contribution in [1.29, 1.82) is 0 Å². The van der Waals surface area contributed by atoms with E-state index in [0.29, 0.717) is 23.3 Å². The molecule has 0 aliphatic carbocycles. The number of halogens is 1. The van der Waals surface area contributed by atoms with Crippen LogP contribution < -0.4 is 4.74 Å². The van der Waals surface area contributed by atoms with Crippen LogP contribution in [0.15, 0.2) is 32.5 Å². The van der Waals surface area contributed by atoms with Crippen molar-refractivity contribution < 1.29 is 13.2 Å². The Balaban J connectivity index is 1.69. The smallest absolute Gasteiger partial charge is 0.316 e. The molecule has 1 fully saturated rings. The Morgan fingerprint density at radius 1 is 1.38 bits per heavy atom. The molecule has 1 saturated heterocycles. The first-order valence-corrected chi connectivity index (χ1v) is 10.8. The van der Waals surface area contributed by atoms with E-state index in [0.717, 1.165) is 28.6 Å². The molecule has 2 aromatic rings. The fourth-order valence-corrected chi connectivity index (χ4v) is 6.19. The van der Waals surface area contributed by atoms with Gasteiger partial charge in [0.05, 0.1) is 10.3 Å². The maximum Gasteiger partial charge on any atom is 0.316 e. The third-order valence-electron chi connectivity index (χ3n) is 3.85. The minimum atomic E-state index is -3.48. The molecule has 3 heterocycles. The number of sulfonamides is 1. The van der Waals surface area contributed by atoms with E-state index < -0.39 is 10.0 Å². The molecule has 0 N–H and O–H groups in total. The predicted octanol–water partition coefficient (Wildman–Crippen LogP) is 3.10. The summed E-state index contributed by atoms with van der Waals surface area (Å²) in [5, 5.41) is 0. The van der Waals surface area contributed by atoms with Gasteiger partial charge in [0.1, 0.15) is 10.3 Å². The van der Waals surface area contributed by atoms with Gasteiger partial charge >= 0.3 is 6.01 Å². The van der Waals surface area contributed by atoms with Crippen LogP contribution in [0.3, 0.4) is 0 Å². The number of rotatable bonds is 5. The molecule has 130 valence electrons. The number of ether oxygens (including phenoxy) is 1. The standard InChI is InChI=1S/C15H18BrN3O3S2/c1-2-11-8-17-15(18-9-11)22-12-4-3-7-19(10-12)24(20,21)14-6-5-13(16)23-14/h5-6,8-9,12H,2-4,7,10H2,1H3. The van der Waals surface area contributed by atoms with E-state index in [9.17, 15) is 8.42 Å². The number of aryl methyl sites for hydroxylation is 1. The van der Waals surface area contributed by atoms with Crippen LogP contribution in [-0.4, -0.2) is 41.9 Å². The highest BCUT2D eigenvalue weighted by Crippen LogP contribution is 2.30. The summed E-state index contributed by atoms with van der Waals surface area (Å²) < 4.78 is 33.8. The quantitative estimate of drug-likeness (QED) is 0.726. The molecule has 2 aromatic heterocycles. The number of thiophene rings is 1. The third-order valence-corrected chi connectivity index (χ3v) is 7.80. The lowest BCUT2D eigenvalue weighted by Gasteiger charge is -2.31. The van der Waals surface area contributed by atoms with Gasteiger partial charge in [-0.05, 0) is 52.9 Å². The van der Waals surface area contributed by atoms with E-state index in [1.165, 1.54) is 15.6 Å². The van der Waals surface area contributed by atoms with E-state index in [1.54, 1.807) is 24.5 Å². The minimum absolute atomic E-state index is 0.232. The maximum absolute atomic E-state index is 12.7. The zero-order valence-electron chi connectivity index (χ0n) is 13.2. The normalized spacial score (nSPS) is 19.3. The van der Waals surface area contributed by atoms with E-state index in [-0.39, 0.29) is 6.10 Å². The van der Waals surface area contributed by atoms with E-state index in [4.69, 9.17) is 4.74 Å². The van der Waals surface area contributed by atoms with E-state index in [2.05, 4.69) is 25.9 Å². The summed E-state index contributed by atoms with van der Waals surface area (Å²) in [6.45, 7) is 2.86. The van der Waals surface area contributed by atoms with Crippen molar-refractivity contribution in [2.45, 2.75) is 36.5 Å². The molecule has 9 heteroatoms. The lowest BCUT2D eigenvalue weighted by molar-refractivity contribution is 0.119. The number of nitrogens with zero attached hydrogens (tertiary/aromatic N) is 3. The topological polar surface area (TPSA) is 72.4 Å². The van der Waals surface area contributed by atoms with Crippen molar-refractivity contribution in [3.63, 3.8) is 0 Å². The fraction of sp³-hybridized carbons (Fsp3) is 0.467. The second-order valence-corrected chi connectivity index (χ2v) is 10.2. The first-order valence-electron chi connectivity index (χ1n) is 7.72. The van der Waals surface area contributed by atoms with Gasteiger partial charge < -0.3 is 4.74 Å². The summed E-state index contributed by atoms with van der Waals surface area (Å²) in [5.41, 5.74) is 1.04. The summed E-state index contributed by atoms with van der Waals surface area (Å²) >= 11 is 4.53. The second kappa shape index (κ2) is 7.47. The van der Waals surface area contributed by atoms with E-state index in [1.807, 2.05) is 6.92 Å². The Labute approximate surface area is 154 Å². The first kappa shape index (κ1) is 17.8. The van der Waals surface area contributed by atoms with Crippen LogP contribution in [0.2, 0.25) is 0 Å². The Bertz CT molecular complexity index is 793. The monoisotopic (exact) mass is 431 g/mol. The van der Waals surface area contributed by atoms with Gasteiger partial charge in [0.25, 0.3) is 10.0 Å². The second-order valence-electron chi connectivity index (χ2n) is 5.53. The summed E-state index contributed by atoms with van der Waals surface area (Å²) in [5.74, 6) is 0. The zero-order chi connectivity index (χ0) is 17.2. The highest BCUT2D eigenvalue weighted by Gasteiger charge is 2.32. The number of aromatic nitrogens is 2. The van der Waals surface area contributed by atoms with Crippen molar-refractivity contribution in [1.82, 2.24) is 14.3 Å². The van der Waals surface area contributed by atoms with Crippen LogP contribution in [0.5, 0.6) is 6.01 Å². The number of hydrogen-bond acceptors (Lipinski definition) is 6. The summed E-state index contributed by atoms with van der Waals surface area (Å²) in [4.78, 5) is 8.37. The Hall–Kier alpha value is -1.03. The highest BCUT2D eigenvalue weighted by molar-refractivity contribution is 9.11. The van der Waals surface area contributed by atoms with Crippen LogP contribution in [0.25, 0.3) is 0 Å². The lowest BCUT2D eigenvalue weighted by Crippen LogP contribution is -2.44. The van der Waals surface area contributed by atoms with Crippen LogP contribution >= 0.6 is 27.3 Å². The fourth-order valence-electron chi connectivity index (χ4n) is 2.52. The van der Waals surface area contributed by atoms with Gasteiger partial charge in [-0.1, -0.05) is 6.92 Å². The largest absolute Gasteiger partial charge is 0.459 e. The third kappa shape index (κ3) is 3.96. The molecule has 0 saturated carbocycles. The van der Waals surface area contributed by atoms with Gasteiger partial charge in [-0.3, -0.25) is 0 Å². The molecule has 1 atom stereocenters. The highest BCUT2D eigenvalue weighted by atomic mass is 79.9. The average Bonchev–Trinajstić information content (AvgIpc) is 3.03. The minimum Gasteiger partial charge on any atom is -0.459 e. The molecule has 1 aliphatic heterocycles. The molecule has 3 rings (SSSR count). The van der Waals surface area contributed by atoms with Gasteiger partial charge in [0.2, 0.25) is 0 Å². The van der Waals surface area contributed by atoms with Gasteiger partial charge in [-0.2, -0.15) is 4.31 Å². The van der Waals surface area contributed by atoms with Crippen molar-refractivity contribution >= 4 is 37.3 Å². The molecule has 1 aliphatic rings. The van der Waals surface area contributed by atoms with Gasteiger partial charge in [0, 0.05) is 18.9 Å². The molecule has 0 spiro atoms. The first-order chi connectivity index (χ1) is 11.5. The average molecular weight is 432 g/mol. The van der Waals surface area contributed by atoms with Crippen LogP contribution in [-0.2, 0) is 16.4 Å². The summed E-state index contributed by atoms with van der Waals surface area (Å²) in [7, 11) is -3.48. The molecular formula is C15H18BrN3O3S2. The number of piperidine rings is 1. The molecular weight excluding hydrogens is 414 g/mol. The maximum atomic E-state index is 12.7. The molecule has 0 bridgehead atoms. The van der Waals surface area contributed by atoms with Crippen LogP contribution in [0.1, 0.15) is 25.3 Å². The van der Waals surface area contributed by atoms with Crippen molar-refractivity contribution in [3.8, 4) is 6.01 Å². The van der Waals surface area contributed by atoms with Gasteiger partial charge in [-0.25, -0.2) is 18.4 Å². The van der Waals surface area contributed by atoms with Gasteiger partial charge in [-0.15, -0.1) is 11.3 Å². The Morgan fingerprint density at radius 2 is 2.12 bits per heavy atom. The lowest BCUT2D eigenvalue weighted by atomic mass is 10.1.